The number of nitrogens with zero attached hydrogens (tertiary/aromatic N) is 2. The maximum atomic E-state index is 5.36. The zero-order valence-corrected chi connectivity index (χ0v) is 12.5. The summed E-state index contributed by atoms with van der Waals surface area (Å²) in [5, 5.41) is 7.30. The molecule has 1 aliphatic carbocycles. The number of thioether (sulfide) groups is 1. The molecule has 17 heavy (non-hydrogen) atoms. The van der Waals surface area contributed by atoms with Crippen LogP contribution in [0, 0.1) is 4.77 Å². The number of nitrogens with one attached hydrogen (secondary N) is 1. The Morgan fingerprint density at radius 3 is 2.65 bits per heavy atom. The molecule has 5 heteroatoms. The van der Waals surface area contributed by atoms with E-state index in [4.69, 9.17) is 12.2 Å². The van der Waals surface area contributed by atoms with Gasteiger partial charge in [0, 0.05) is 17.2 Å². The van der Waals surface area contributed by atoms with Crippen molar-refractivity contribution in [3.8, 4) is 0 Å². The van der Waals surface area contributed by atoms with Crippen molar-refractivity contribution in [2.75, 3.05) is 6.26 Å². The fraction of sp³-hybridized carbons (Fsp3) is 0.833. The quantitative estimate of drug-likeness (QED) is 0.847. The second kappa shape index (κ2) is 5.14. The first-order valence-electron chi connectivity index (χ1n) is 6.28. The third kappa shape index (κ3) is 2.60. The van der Waals surface area contributed by atoms with Gasteiger partial charge in [-0.25, -0.2) is 0 Å². The number of aromatic nitrogens is 3. The zero-order valence-electron chi connectivity index (χ0n) is 10.8. The maximum absolute atomic E-state index is 5.36. The Bertz CT molecular complexity index is 427. The molecule has 0 bridgehead atoms. The van der Waals surface area contributed by atoms with Crippen LogP contribution in [0.15, 0.2) is 0 Å². The first kappa shape index (κ1) is 13.1. The molecule has 0 amide bonds. The molecule has 1 heterocycles. The molecule has 1 aromatic heterocycles. The normalized spacial score (nSPS) is 19.1. The van der Waals surface area contributed by atoms with Gasteiger partial charge >= 0.3 is 0 Å². The minimum atomic E-state index is 0.381. The van der Waals surface area contributed by atoms with Gasteiger partial charge in [0.1, 0.15) is 5.82 Å². The minimum absolute atomic E-state index is 0.381. The second-order valence-corrected chi connectivity index (χ2v) is 6.88. The fourth-order valence-electron chi connectivity index (χ4n) is 2.66. The van der Waals surface area contributed by atoms with Crippen LogP contribution in [0.5, 0.6) is 0 Å². The number of hydrogen-bond donors (Lipinski definition) is 1. The van der Waals surface area contributed by atoms with E-state index >= 15 is 0 Å². The molecule has 0 spiro atoms. The summed E-state index contributed by atoms with van der Waals surface area (Å²) in [5.41, 5.74) is 0. The van der Waals surface area contributed by atoms with Crippen LogP contribution in [0.2, 0.25) is 0 Å². The highest BCUT2D eigenvalue weighted by molar-refractivity contribution is 8.00. The van der Waals surface area contributed by atoms with E-state index in [1.807, 2.05) is 11.8 Å². The molecule has 96 valence electrons. The van der Waals surface area contributed by atoms with Crippen LogP contribution in [0.1, 0.15) is 51.3 Å². The van der Waals surface area contributed by atoms with E-state index in [2.05, 4.69) is 34.9 Å². The van der Waals surface area contributed by atoms with Gasteiger partial charge in [0.25, 0.3) is 0 Å². The largest absolute Gasteiger partial charge is 0.303 e. The van der Waals surface area contributed by atoms with E-state index in [1.54, 1.807) is 0 Å². The summed E-state index contributed by atoms with van der Waals surface area (Å²) in [6.45, 7) is 5.35. The molecule has 0 atom stereocenters. The van der Waals surface area contributed by atoms with Gasteiger partial charge in [0.15, 0.2) is 4.77 Å². The predicted octanol–water partition coefficient (Wildman–Crippen LogP) is 3.74. The van der Waals surface area contributed by atoms with Crippen LogP contribution in [-0.4, -0.2) is 25.8 Å². The Balaban J connectivity index is 2.28. The van der Waals surface area contributed by atoms with Gasteiger partial charge in [-0.1, -0.05) is 26.7 Å². The lowest BCUT2D eigenvalue weighted by molar-refractivity contribution is 0.481. The third-order valence-corrected chi connectivity index (χ3v) is 5.41. The predicted molar refractivity (Wildman–Crippen MR) is 76.2 cm³/mol. The van der Waals surface area contributed by atoms with E-state index < -0.39 is 0 Å². The summed E-state index contributed by atoms with van der Waals surface area (Å²) in [6.07, 6.45) is 7.54. The van der Waals surface area contributed by atoms with Gasteiger partial charge in [0.05, 0.1) is 0 Å². The first-order valence-corrected chi connectivity index (χ1v) is 7.91. The Labute approximate surface area is 112 Å². The van der Waals surface area contributed by atoms with Crippen LogP contribution in [0.4, 0.5) is 0 Å². The molecule has 0 aromatic carbocycles. The standard InChI is InChI=1S/C12H21N3S2/c1-9(2)10-13-14-11(16)15(10)8-12(17-3)6-4-5-7-12/h9H,4-8H2,1-3H3,(H,14,16). The van der Waals surface area contributed by atoms with Crippen molar-refractivity contribution in [2.24, 2.45) is 0 Å². The van der Waals surface area contributed by atoms with E-state index in [9.17, 15) is 0 Å². The SMILES string of the molecule is CSC1(Cn2c(C(C)C)n[nH]c2=S)CCCC1. The summed E-state index contributed by atoms with van der Waals surface area (Å²) in [5.74, 6) is 1.51. The average Bonchev–Trinajstić information content (AvgIpc) is 2.89. The van der Waals surface area contributed by atoms with E-state index in [0.717, 1.165) is 17.1 Å². The summed E-state index contributed by atoms with van der Waals surface area (Å²) in [7, 11) is 0. The van der Waals surface area contributed by atoms with Gasteiger partial charge in [-0.2, -0.15) is 16.9 Å². The number of rotatable bonds is 4. The second-order valence-electron chi connectivity index (χ2n) is 5.22. The highest BCUT2D eigenvalue weighted by Crippen LogP contribution is 2.41. The van der Waals surface area contributed by atoms with Crippen LogP contribution in [0.3, 0.4) is 0 Å². The van der Waals surface area contributed by atoms with Crippen molar-refractivity contribution in [2.45, 2.75) is 56.7 Å². The number of H-pyrrole nitrogens is 1. The van der Waals surface area contributed by atoms with Crippen molar-refractivity contribution in [1.29, 1.82) is 0 Å². The molecular formula is C12H21N3S2. The molecule has 0 aliphatic heterocycles. The molecule has 2 rings (SSSR count). The molecule has 1 aliphatic rings. The van der Waals surface area contributed by atoms with E-state index in [-0.39, 0.29) is 0 Å². The lowest BCUT2D eigenvalue weighted by Gasteiger charge is -2.28. The molecule has 1 aromatic rings. The molecule has 1 fully saturated rings. The van der Waals surface area contributed by atoms with Crippen LogP contribution in [-0.2, 0) is 6.54 Å². The van der Waals surface area contributed by atoms with Crippen LogP contribution in [0.25, 0.3) is 0 Å². The molecular weight excluding hydrogens is 250 g/mol. The highest BCUT2D eigenvalue weighted by atomic mass is 32.2. The van der Waals surface area contributed by atoms with E-state index in [1.165, 1.54) is 25.7 Å². The topological polar surface area (TPSA) is 33.6 Å². The average molecular weight is 271 g/mol. The Kier molecular flexibility index (Phi) is 3.98. The van der Waals surface area contributed by atoms with Crippen molar-refractivity contribution in [3.05, 3.63) is 10.6 Å². The van der Waals surface area contributed by atoms with Gasteiger partial charge in [0.2, 0.25) is 0 Å². The first-order chi connectivity index (χ1) is 8.08. The van der Waals surface area contributed by atoms with Crippen LogP contribution >= 0.6 is 24.0 Å². The Morgan fingerprint density at radius 2 is 2.12 bits per heavy atom. The maximum Gasteiger partial charge on any atom is 0.195 e. The molecule has 1 N–H and O–H groups in total. The molecule has 0 unspecified atom stereocenters. The van der Waals surface area contributed by atoms with Crippen molar-refractivity contribution in [1.82, 2.24) is 14.8 Å². The monoisotopic (exact) mass is 271 g/mol. The van der Waals surface area contributed by atoms with Gasteiger partial charge in [-0.3, -0.25) is 5.10 Å². The molecule has 0 radical (unpaired) electrons. The lowest BCUT2D eigenvalue weighted by Crippen LogP contribution is -2.28. The summed E-state index contributed by atoms with van der Waals surface area (Å²) >= 11 is 7.36. The lowest BCUT2D eigenvalue weighted by atomic mass is 10.1. The third-order valence-electron chi connectivity index (χ3n) is 3.70. The number of hydrogen-bond acceptors (Lipinski definition) is 3. The molecule has 1 saturated carbocycles. The van der Waals surface area contributed by atoms with E-state index in [0.29, 0.717) is 10.7 Å². The zero-order chi connectivity index (χ0) is 12.5. The molecule has 3 nitrogen and oxygen atoms in total. The molecule has 0 saturated heterocycles. The Hall–Kier alpha value is -0.290. The summed E-state index contributed by atoms with van der Waals surface area (Å²) < 4.78 is 3.36. The fourth-order valence-corrected chi connectivity index (χ4v) is 3.82. The van der Waals surface area contributed by atoms with Gasteiger partial charge in [-0.15, -0.1) is 0 Å². The highest BCUT2D eigenvalue weighted by Gasteiger charge is 2.34. The summed E-state index contributed by atoms with van der Waals surface area (Å²) in [6, 6.07) is 0. The summed E-state index contributed by atoms with van der Waals surface area (Å²) in [4.78, 5) is 0. The van der Waals surface area contributed by atoms with Crippen LogP contribution < -0.4 is 0 Å². The Morgan fingerprint density at radius 1 is 1.47 bits per heavy atom. The smallest absolute Gasteiger partial charge is 0.195 e. The van der Waals surface area contributed by atoms with Gasteiger partial charge in [-0.05, 0) is 31.3 Å². The minimum Gasteiger partial charge on any atom is -0.303 e. The van der Waals surface area contributed by atoms with Crippen molar-refractivity contribution in [3.63, 3.8) is 0 Å². The van der Waals surface area contributed by atoms with Crippen molar-refractivity contribution >= 4 is 24.0 Å². The van der Waals surface area contributed by atoms with Gasteiger partial charge < -0.3 is 4.57 Å². The number of aromatic amines is 1. The van der Waals surface area contributed by atoms with Crippen molar-refractivity contribution < 1.29 is 0 Å².